The van der Waals surface area contributed by atoms with E-state index in [0.717, 1.165) is 0 Å². The lowest BCUT2D eigenvalue weighted by molar-refractivity contribution is 0.0461. The number of anilines is 1. The summed E-state index contributed by atoms with van der Waals surface area (Å²) in [6.45, 7) is 5.92. The molecule has 2 heterocycles. The van der Waals surface area contributed by atoms with E-state index in [-0.39, 0.29) is 24.9 Å². The highest BCUT2D eigenvalue weighted by atomic mass is 32.1. The van der Waals surface area contributed by atoms with E-state index in [1.807, 2.05) is 6.92 Å². The molecule has 0 unspecified atom stereocenters. The van der Waals surface area contributed by atoms with E-state index in [1.54, 1.807) is 32.0 Å². The van der Waals surface area contributed by atoms with Gasteiger partial charge in [-0.1, -0.05) is 0 Å². The number of hydrogen-bond donors (Lipinski definition) is 1. The molecule has 0 fully saturated rings. The third kappa shape index (κ3) is 4.69. The molecule has 0 bridgehead atoms. The molecule has 0 aliphatic carbocycles. The zero-order chi connectivity index (χ0) is 22.5. The molecule has 3 aromatic rings. The number of aromatic nitrogens is 2. The van der Waals surface area contributed by atoms with E-state index in [2.05, 4.69) is 9.97 Å². The molecule has 1 aromatic carbocycles. The smallest absolute Gasteiger partial charge is 0.348 e. The molecule has 10 heteroatoms. The molecule has 2 aromatic heterocycles. The molecule has 0 saturated carbocycles. The number of benzene rings is 1. The van der Waals surface area contributed by atoms with Crippen molar-refractivity contribution in [3.63, 3.8) is 0 Å². The van der Waals surface area contributed by atoms with Gasteiger partial charge in [0.15, 0.2) is 23.9 Å². The lowest BCUT2D eigenvalue weighted by atomic mass is 10.2. The van der Waals surface area contributed by atoms with Gasteiger partial charge < -0.3 is 24.7 Å². The van der Waals surface area contributed by atoms with Crippen LogP contribution in [0.15, 0.2) is 18.2 Å². The number of esters is 2. The van der Waals surface area contributed by atoms with Crippen molar-refractivity contribution in [2.45, 2.75) is 27.4 Å². The maximum absolute atomic E-state index is 12.5. The summed E-state index contributed by atoms with van der Waals surface area (Å²) in [6, 6.07) is 4.77. The lowest BCUT2D eigenvalue weighted by Gasteiger charge is -2.11. The summed E-state index contributed by atoms with van der Waals surface area (Å²) in [7, 11) is 1.49. The fourth-order valence-electron chi connectivity index (χ4n) is 2.95. The Hall–Kier alpha value is -3.40. The molecule has 0 atom stereocenters. The van der Waals surface area contributed by atoms with Gasteiger partial charge in [-0.25, -0.2) is 19.6 Å². The van der Waals surface area contributed by atoms with Crippen molar-refractivity contribution in [3.05, 3.63) is 40.0 Å². The van der Waals surface area contributed by atoms with E-state index < -0.39 is 11.9 Å². The third-order valence-corrected chi connectivity index (χ3v) is 5.52. The molecule has 0 amide bonds. The second-order valence-electron chi connectivity index (χ2n) is 6.36. The Morgan fingerprint density at radius 3 is 2.52 bits per heavy atom. The van der Waals surface area contributed by atoms with E-state index in [4.69, 9.17) is 24.7 Å². The van der Waals surface area contributed by atoms with Crippen LogP contribution in [0.2, 0.25) is 0 Å². The van der Waals surface area contributed by atoms with Crippen LogP contribution in [0.3, 0.4) is 0 Å². The zero-order valence-electron chi connectivity index (χ0n) is 17.7. The van der Waals surface area contributed by atoms with Crippen LogP contribution in [0.1, 0.15) is 45.3 Å². The number of nitrogens with zero attached hydrogens (tertiary/aromatic N) is 2. The molecule has 3 rings (SSSR count). The molecule has 0 aliphatic rings. The van der Waals surface area contributed by atoms with Crippen LogP contribution in [0, 0.1) is 6.92 Å². The molecule has 0 saturated heterocycles. The fraction of sp³-hybridized carbons (Fsp3) is 0.333. The number of fused-ring (bicyclic) bond motifs is 1. The highest BCUT2D eigenvalue weighted by Gasteiger charge is 2.21. The minimum atomic E-state index is -0.571. The Bertz CT molecular complexity index is 1130. The van der Waals surface area contributed by atoms with Gasteiger partial charge in [0.25, 0.3) is 0 Å². The number of thiophene rings is 1. The quantitative estimate of drug-likeness (QED) is 0.519. The van der Waals surface area contributed by atoms with Gasteiger partial charge in [-0.3, -0.25) is 0 Å². The third-order valence-electron chi connectivity index (χ3n) is 4.36. The summed E-state index contributed by atoms with van der Waals surface area (Å²) in [5, 5.41) is 0.597. The number of ether oxygens (including phenoxy) is 4. The highest BCUT2D eigenvalue weighted by Crippen LogP contribution is 2.33. The molecule has 0 radical (unpaired) electrons. The first-order chi connectivity index (χ1) is 14.9. The lowest BCUT2D eigenvalue weighted by Crippen LogP contribution is -2.09. The Morgan fingerprint density at radius 2 is 1.84 bits per heavy atom. The summed E-state index contributed by atoms with van der Waals surface area (Å²) in [6.07, 6.45) is 0. The Morgan fingerprint density at radius 1 is 1.06 bits per heavy atom. The van der Waals surface area contributed by atoms with E-state index in [1.165, 1.54) is 18.4 Å². The van der Waals surface area contributed by atoms with Gasteiger partial charge in [0.1, 0.15) is 15.5 Å². The van der Waals surface area contributed by atoms with Crippen molar-refractivity contribution >= 4 is 39.3 Å². The number of nitrogen functional groups attached to an aromatic ring is 1. The number of methoxy groups -OCH3 is 1. The minimum absolute atomic E-state index is 0.180. The largest absolute Gasteiger partial charge is 0.493 e. The number of rotatable bonds is 8. The normalized spacial score (nSPS) is 10.7. The fourth-order valence-corrected chi connectivity index (χ4v) is 4.06. The maximum atomic E-state index is 12.5. The minimum Gasteiger partial charge on any atom is -0.493 e. The number of aryl methyl sites for hydroxylation is 1. The summed E-state index contributed by atoms with van der Waals surface area (Å²) >= 11 is 1.17. The van der Waals surface area contributed by atoms with Crippen molar-refractivity contribution in [1.29, 1.82) is 0 Å². The Balaban J connectivity index is 1.79. The van der Waals surface area contributed by atoms with Crippen molar-refractivity contribution in [1.82, 2.24) is 9.97 Å². The highest BCUT2D eigenvalue weighted by molar-refractivity contribution is 7.20. The number of carbonyl (C=O) groups is 2. The van der Waals surface area contributed by atoms with Crippen LogP contribution in [0.25, 0.3) is 10.2 Å². The standard InChI is InChI=1S/C21H23N3O6S/c1-5-28-13-8-7-12(9-14(13)27-4)20(25)30-10-15-23-18(22)16-11(3)17(21(26)29-6-2)31-19(16)24-15/h7-9H,5-6,10H2,1-4H3,(H2,22,23,24). The van der Waals surface area contributed by atoms with E-state index >= 15 is 0 Å². The van der Waals surface area contributed by atoms with Gasteiger partial charge in [0, 0.05) is 0 Å². The van der Waals surface area contributed by atoms with Gasteiger partial charge in [-0.2, -0.15) is 0 Å². The number of nitrogens with two attached hydrogens (primary N) is 1. The average Bonchev–Trinajstić information content (AvgIpc) is 3.09. The molecular weight excluding hydrogens is 422 g/mol. The molecule has 31 heavy (non-hydrogen) atoms. The van der Waals surface area contributed by atoms with Gasteiger partial charge in [-0.15, -0.1) is 11.3 Å². The van der Waals surface area contributed by atoms with Crippen LogP contribution >= 0.6 is 11.3 Å². The first-order valence-electron chi connectivity index (χ1n) is 9.60. The van der Waals surface area contributed by atoms with Crippen molar-refractivity contribution in [2.24, 2.45) is 0 Å². The second-order valence-corrected chi connectivity index (χ2v) is 7.36. The first-order valence-corrected chi connectivity index (χ1v) is 10.4. The van der Waals surface area contributed by atoms with Crippen LogP contribution in [0.4, 0.5) is 5.82 Å². The van der Waals surface area contributed by atoms with Crippen LogP contribution in [-0.2, 0) is 16.1 Å². The summed E-state index contributed by atoms with van der Waals surface area (Å²) in [5.41, 5.74) is 7.04. The second kappa shape index (κ2) is 9.61. The zero-order valence-corrected chi connectivity index (χ0v) is 18.5. The molecule has 0 spiro atoms. The van der Waals surface area contributed by atoms with Gasteiger partial charge in [0.2, 0.25) is 0 Å². The van der Waals surface area contributed by atoms with E-state index in [0.29, 0.717) is 44.3 Å². The maximum Gasteiger partial charge on any atom is 0.348 e. The first kappa shape index (κ1) is 22.3. The van der Waals surface area contributed by atoms with Crippen LogP contribution in [0.5, 0.6) is 11.5 Å². The SMILES string of the molecule is CCOC(=O)c1sc2nc(COC(=O)c3ccc(OCC)c(OC)c3)nc(N)c2c1C. The van der Waals surface area contributed by atoms with Gasteiger partial charge >= 0.3 is 11.9 Å². The number of hydrogen-bond acceptors (Lipinski definition) is 10. The molecule has 2 N–H and O–H groups in total. The Kier molecular flexibility index (Phi) is 6.91. The molecule has 164 valence electrons. The van der Waals surface area contributed by atoms with Crippen molar-refractivity contribution in [2.75, 3.05) is 26.1 Å². The van der Waals surface area contributed by atoms with Crippen LogP contribution in [-0.4, -0.2) is 42.2 Å². The van der Waals surface area contributed by atoms with Gasteiger partial charge in [0.05, 0.1) is 31.3 Å². The van der Waals surface area contributed by atoms with Gasteiger partial charge in [-0.05, 0) is 44.5 Å². The monoisotopic (exact) mass is 445 g/mol. The molecule has 0 aliphatic heterocycles. The van der Waals surface area contributed by atoms with Crippen molar-refractivity contribution < 1.29 is 28.5 Å². The predicted molar refractivity (Wildman–Crippen MR) is 116 cm³/mol. The average molecular weight is 445 g/mol. The summed E-state index contributed by atoms with van der Waals surface area (Å²) in [5.74, 6) is 0.404. The van der Waals surface area contributed by atoms with E-state index in [9.17, 15) is 9.59 Å². The summed E-state index contributed by atoms with van der Waals surface area (Å²) in [4.78, 5) is 34.2. The molecule has 9 nitrogen and oxygen atoms in total. The Labute approximate surface area is 183 Å². The topological polar surface area (TPSA) is 123 Å². The molecular formula is C21H23N3O6S. The van der Waals surface area contributed by atoms with Crippen LogP contribution < -0.4 is 15.2 Å². The van der Waals surface area contributed by atoms with Crippen molar-refractivity contribution in [3.8, 4) is 11.5 Å². The predicted octanol–water partition coefficient (Wildman–Crippen LogP) is 3.52. The number of carbonyl (C=O) groups excluding carboxylic acids is 2. The summed E-state index contributed by atoms with van der Waals surface area (Å²) < 4.78 is 21.1.